The Morgan fingerprint density at radius 2 is 1.95 bits per heavy atom. The highest BCUT2D eigenvalue weighted by atomic mass is 35.5. The van der Waals surface area contributed by atoms with E-state index in [1.807, 2.05) is 27.7 Å². The number of rotatable bonds is 2. The summed E-state index contributed by atoms with van der Waals surface area (Å²) in [6.07, 6.45) is 0. The van der Waals surface area contributed by atoms with Crippen molar-refractivity contribution in [2.75, 3.05) is 17.6 Å². The monoisotopic (exact) mass is 297 g/mol. The molecule has 1 rings (SSSR count). The number of anilines is 2. The van der Waals surface area contributed by atoms with Crippen LogP contribution in [0.4, 0.5) is 11.4 Å². The number of carbonyl (C=O) groups excluding carboxylic acids is 2. The van der Waals surface area contributed by atoms with E-state index in [1.54, 1.807) is 12.1 Å². The zero-order valence-corrected chi connectivity index (χ0v) is 12.9. The molecule has 0 atom stereocenters. The first kappa shape index (κ1) is 16.3. The number of nitrogens with one attached hydrogen (secondary N) is 1. The van der Waals surface area contributed by atoms with Crippen LogP contribution in [0.2, 0.25) is 5.02 Å². The summed E-state index contributed by atoms with van der Waals surface area (Å²) < 4.78 is 0. The van der Waals surface area contributed by atoms with Gasteiger partial charge in [-0.1, -0.05) is 11.6 Å². The summed E-state index contributed by atoms with van der Waals surface area (Å²) in [7, 11) is 0. The van der Waals surface area contributed by atoms with Crippen LogP contribution in [0.1, 0.15) is 27.7 Å². The van der Waals surface area contributed by atoms with E-state index in [4.69, 9.17) is 17.3 Å². The zero-order valence-electron chi connectivity index (χ0n) is 12.2. The lowest BCUT2D eigenvalue weighted by molar-refractivity contribution is -0.146. The molecule has 0 radical (unpaired) electrons. The average molecular weight is 298 g/mol. The summed E-state index contributed by atoms with van der Waals surface area (Å²) in [5.41, 5.74) is 6.01. The van der Waals surface area contributed by atoms with E-state index in [1.165, 1.54) is 11.0 Å². The third-order valence-corrected chi connectivity index (χ3v) is 3.12. The maximum Gasteiger partial charge on any atom is 0.313 e. The standard InChI is InChI=1S/C14H20ClN3O2/c1-5-18(14(2,3)4)13(20)12(19)17-11-7-6-9(16)8-10(11)15/h6-8H,5,16H2,1-4H3,(H,17,19). The molecule has 0 aliphatic rings. The van der Waals surface area contributed by atoms with Crippen molar-refractivity contribution in [1.82, 2.24) is 4.90 Å². The van der Waals surface area contributed by atoms with Crippen LogP contribution < -0.4 is 11.1 Å². The summed E-state index contributed by atoms with van der Waals surface area (Å²) in [5, 5.41) is 2.80. The number of halogens is 1. The normalized spacial score (nSPS) is 11.1. The van der Waals surface area contributed by atoms with E-state index < -0.39 is 17.4 Å². The minimum atomic E-state index is -0.714. The lowest BCUT2D eigenvalue weighted by atomic mass is 10.1. The second kappa shape index (κ2) is 6.13. The first-order valence-corrected chi connectivity index (χ1v) is 6.72. The summed E-state index contributed by atoms with van der Waals surface area (Å²) in [5.74, 6) is -1.30. The Bertz CT molecular complexity index is 524. The Balaban J connectivity index is 2.88. The molecule has 0 bridgehead atoms. The molecule has 0 saturated heterocycles. The Labute approximate surface area is 124 Å². The Morgan fingerprint density at radius 1 is 1.35 bits per heavy atom. The molecule has 5 nitrogen and oxygen atoms in total. The second-order valence-corrected chi connectivity index (χ2v) is 5.82. The van der Waals surface area contributed by atoms with Gasteiger partial charge in [0, 0.05) is 17.8 Å². The molecule has 0 aromatic heterocycles. The molecule has 0 unspecified atom stereocenters. The Morgan fingerprint density at radius 3 is 2.40 bits per heavy atom. The van der Waals surface area contributed by atoms with Gasteiger partial charge in [-0.3, -0.25) is 9.59 Å². The van der Waals surface area contributed by atoms with Crippen molar-refractivity contribution in [3.63, 3.8) is 0 Å². The predicted molar refractivity (Wildman–Crippen MR) is 81.6 cm³/mol. The number of hydrogen-bond donors (Lipinski definition) is 2. The highest BCUT2D eigenvalue weighted by Crippen LogP contribution is 2.24. The molecule has 110 valence electrons. The van der Waals surface area contributed by atoms with Gasteiger partial charge in [0.1, 0.15) is 0 Å². The number of hydrogen-bond acceptors (Lipinski definition) is 3. The molecule has 0 heterocycles. The van der Waals surface area contributed by atoms with Crippen molar-refractivity contribution >= 4 is 34.8 Å². The van der Waals surface area contributed by atoms with Gasteiger partial charge in [-0.05, 0) is 45.9 Å². The maximum absolute atomic E-state index is 12.1. The van der Waals surface area contributed by atoms with Crippen LogP contribution >= 0.6 is 11.6 Å². The van der Waals surface area contributed by atoms with Gasteiger partial charge in [0.25, 0.3) is 0 Å². The largest absolute Gasteiger partial charge is 0.399 e. The van der Waals surface area contributed by atoms with Gasteiger partial charge in [-0.15, -0.1) is 0 Å². The van der Waals surface area contributed by atoms with E-state index >= 15 is 0 Å². The van der Waals surface area contributed by atoms with E-state index in [2.05, 4.69) is 5.32 Å². The molecule has 0 fully saturated rings. The summed E-state index contributed by atoms with van der Waals surface area (Å²) in [6, 6.07) is 4.69. The van der Waals surface area contributed by atoms with Gasteiger partial charge in [-0.2, -0.15) is 0 Å². The van der Waals surface area contributed by atoms with Crippen LogP contribution in [0.3, 0.4) is 0 Å². The van der Waals surface area contributed by atoms with Gasteiger partial charge < -0.3 is 16.0 Å². The number of nitrogens with zero attached hydrogens (tertiary/aromatic N) is 1. The van der Waals surface area contributed by atoms with Crippen molar-refractivity contribution in [2.45, 2.75) is 33.2 Å². The number of nitrogens with two attached hydrogens (primary N) is 1. The fourth-order valence-electron chi connectivity index (χ4n) is 1.85. The lowest BCUT2D eigenvalue weighted by Gasteiger charge is -2.34. The molecule has 3 N–H and O–H groups in total. The molecule has 1 aromatic rings. The first-order valence-electron chi connectivity index (χ1n) is 6.34. The van der Waals surface area contributed by atoms with Crippen LogP contribution in [0.15, 0.2) is 18.2 Å². The van der Waals surface area contributed by atoms with Crippen molar-refractivity contribution in [3.05, 3.63) is 23.2 Å². The van der Waals surface area contributed by atoms with Crippen molar-refractivity contribution in [2.24, 2.45) is 0 Å². The number of nitrogen functional groups attached to an aromatic ring is 1. The van der Waals surface area contributed by atoms with Crippen LogP contribution in [0, 0.1) is 0 Å². The Kier molecular flexibility index (Phi) is 5.00. The van der Waals surface area contributed by atoms with Crippen molar-refractivity contribution in [3.8, 4) is 0 Å². The lowest BCUT2D eigenvalue weighted by Crippen LogP contribution is -2.49. The van der Waals surface area contributed by atoms with Crippen LogP contribution in [-0.4, -0.2) is 28.8 Å². The van der Waals surface area contributed by atoms with Gasteiger partial charge in [0.15, 0.2) is 0 Å². The van der Waals surface area contributed by atoms with Crippen LogP contribution in [-0.2, 0) is 9.59 Å². The van der Waals surface area contributed by atoms with Gasteiger partial charge in [0.05, 0.1) is 10.7 Å². The number of amides is 2. The van der Waals surface area contributed by atoms with Gasteiger partial charge in [0.2, 0.25) is 0 Å². The highest BCUT2D eigenvalue weighted by molar-refractivity contribution is 6.41. The van der Waals surface area contributed by atoms with E-state index in [9.17, 15) is 9.59 Å². The third-order valence-electron chi connectivity index (χ3n) is 2.81. The molecule has 6 heteroatoms. The molecule has 0 aliphatic heterocycles. The first-order chi connectivity index (χ1) is 9.16. The molecule has 1 aromatic carbocycles. The quantitative estimate of drug-likeness (QED) is 0.650. The van der Waals surface area contributed by atoms with E-state index in [-0.39, 0.29) is 0 Å². The second-order valence-electron chi connectivity index (χ2n) is 5.41. The van der Waals surface area contributed by atoms with Crippen LogP contribution in [0.5, 0.6) is 0 Å². The molecule has 0 aliphatic carbocycles. The minimum Gasteiger partial charge on any atom is -0.399 e. The number of benzene rings is 1. The fourth-order valence-corrected chi connectivity index (χ4v) is 2.09. The summed E-state index contributed by atoms with van der Waals surface area (Å²) in [4.78, 5) is 25.6. The third kappa shape index (κ3) is 3.87. The number of likely N-dealkylation sites (N-methyl/N-ethyl adjacent to an activating group) is 1. The van der Waals surface area contributed by atoms with Gasteiger partial charge in [-0.25, -0.2) is 0 Å². The topological polar surface area (TPSA) is 75.4 Å². The smallest absolute Gasteiger partial charge is 0.313 e. The Hall–Kier alpha value is -1.75. The molecular formula is C14H20ClN3O2. The van der Waals surface area contributed by atoms with Gasteiger partial charge >= 0.3 is 11.8 Å². The SMILES string of the molecule is CCN(C(=O)C(=O)Nc1ccc(N)cc1Cl)C(C)(C)C. The fraction of sp³-hybridized carbons (Fsp3) is 0.429. The predicted octanol–water partition coefficient (Wildman–Crippen LogP) is 2.51. The minimum absolute atomic E-state index is 0.296. The van der Waals surface area contributed by atoms with Crippen LogP contribution in [0.25, 0.3) is 0 Å². The summed E-state index contributed by atoms with van der Waals surface area (Å²) in [6.45, 7) is 7.89. The maximum atomic E-state index is 12.1. The van der Waals surface area contributed by atoms with Crippen molar-refractivity contribution in [1.29, 1.82) is 0 Å². The number of carbonyl (C=O) groups is 2. The van der Waals surface area contributed by atoms with Crippen molar-refractivity contribution < 1.29 is 9.59 Å². The highest BCUT2D eigenvalue weighted by Gasteiger charge is 2.29. The average Bonchev–Trinajstić information content (AvgIpc) is 2.31. The molecular weight excluding hydrogens is 278 g/mol. The summed E-state index contributed by atoms with van der Waals surface area (Å²) >= 11 is 5.96. The molecule has 0 saturated carbocycles. The molecule has 20 heavy (non-hydrogen) atoms. The zero-order chi connectivity index (χ0) is 15.5. The molecule has 2 amide bonds. The van der Waals surface area contributed by atoms with E-state index in [0.29, 0.717) is 22.9 Å². The van der Waals surface area contributed by atoms with E-state index in [0.717, 1.165) is 0 Å². The molecule has 0 spiro atoms.